The monoisotopic (exact) mass is 376 g/mol. The Labute approximate surface area is 152 Å². The van der Waals surface area contributed by atoms with E-state index in [4.69, 9.17) is 4.74 Å². The highest BCUT2D eigenvalue weighted by Gasteiger charge is 2.11. The first kappa shape index (κ1) is 17.4. The van der Waals surface area contributed by atoms with Crippen LogP contribution in [0.2, 0.25) is 0 Å². The molecule has 9 heteroatoms. The number of carbonyl (C=O) groups is 2. The molecule has 0 aliphatic carbocycles. The van der Waals surface area contributed by atoms with E-state index in [-0.39, 0.29) is 24.1 Å². The Morgan fingerprint density at radius 2 is 2.16 bits per heavy atom. The summed E-state index contributed by atoms with van der Waals surface area (Å²) in [4.78, 5) is 35.2. The summed E-state index contributed by atoms with van der Waals surface area (Å²) in [6, 6.07) is 7.70. The molecule has 1 amide bonds. The highest BCUT2D eigenvalue weighted by molar-refractivity contribution is 7.99. The van der Waals surface area contributed by atoms with E-state index in [1.54, 1.807) is 12.3 Å². The lowest BCUT2D eigenvalue weighted by Gasteiger charge is -2.00. The van der Waals surface area contributed by atoms with E-state index in [0.717, 1.165) is 11.0 Å². The van der Waals surface area contributed by atoms with E-state index >= 15 is 0 Å². The maximum absolute atomic E-state index is 12.0. The van der Waals surface area contributed by atoms with Gasteiger partial charge in [0.1, 0.15) is 0 Å². The predicted molar refractivity (Wildman–Crippen MR) is 97.9 cm³/mol. The molecule has 0 saturated heterocycles. The molecule has 2 aromatic heterocycles. The fourth-order valence-corrected chi connectivity index (χ4v) is 3.50. The van der Waals surface area contributed by atoms with Crippen LogP contribution in [-0.4, -0.2) is 39.2 Å². The number of fused-ring (bicyclic) bond motifs is 1. The molecule has 0 aliphatic rings. The normalized spacial score (nSPS) is 10.8. The third kappa shape index (κ3) is 4.80. The van der Waals surface area contributed by atoms with E-state index in [9.17, 15) is 9.59 Å². The van der Waals surface area contributed by atoms with Crippen LogP contribution in [0.4, 0.5) is 5.13 Å². The summed E-state index contributed by atoms with van der Waals surface area (Å²) in [6.07, 6.45) is 0.105. The number of nitrogens with zero attached hydrogens (tertiary/aromatic N) is 2. The van der Waals surface area contributed by atoms with Crippen LogP contribution in [0, 0.1) is 0 Å². The van der Waals surface area contributed by atoms with Crippen molar-refractivity contribution in [2.45, 2.75) is 18.5 Å². The Bertz CT molecular complexity index is 857. The highest BCUT2D eigenvalue weighted by Crippen LogP contribution is 2.20. The molecule has 3 rings (SSSR count). The van der Waals surface area contributed by atoms with Crippen molar-refractivity contribution in [2.24, 2.45) is 0 Å². The molecular formula is C16H16N4O3S2. The standard InChI is InChI=1S/C16H16N4O3S2/c1-2-23-14(22)7-10-8-24-15(17-10)20-13(21)9-25-16-18-11-5-3-4-6-12(11)19-16/h3-6,8H,2,7,9H2,1H3,(H,18,19)(H,17,20,21). The van der Waals surface area contributed by atoms with Crippen LogP contribution in [0.3, 0.4) is 0 Å². The van der Waals surface area contributed by atoms with Crippen molar-refractivity contribution >= 4 is 51.1 Å². The maximum atomic E-state index is 12.0. The molecule has 130 valence electrons. The molecule has 0 aliphatic heterocycles. The summed E-state index contributed by atoms with van der Waals surface area (Å²) in [5.74, 6) is -0.291. The number of para-hydroxylation sites is 2. The Morgan fingerprint density at radius 3 is 2.96 bits per heavy atom. The minimum Gasteiger partial charge on any atom is -0.466 e. The van der Waals surface area contributed by atoms with Gasteiger partial charge >= 0.3 is 5.97 Å². The number of aromatic nitrogens is 3. The first-order valence-corrected chi connectivity index (χ1v) is 9.48. The number of anilines is 1. The maximum Gasteiger partial charge on any atom is 0.311 e. The number of rotatable bonds is 7. The van der Waals surface area contributed by atoms with Gasteiger partial charge in [-0.05, 0) is 19.1 Å². The minimum absolute atomic E-state index is 0.105. The molecule has 1 aromatic carbocycles. The van der Waals surface area contributed by atoms with Gasteiger partial charge in [-0.2, -0.15) is 0 Å². The Kier molecular flexibility index (Phi) is 5.67. The molecule has 3 aromatic rings. The van der Waals surface area contributed by atoms with Crippen molar-refractivity contribution < 1.29 is 14.3 Å². The van der Waals surface area contributed by atoms with Crippen molar-refractivity contribution in [1.82, 2.24) is 15.0 Å². The van der Waals surface area contributed by atoms with E-state index in [1.165, 1.54) is 23.1 Å². The number of thiazole rings is 1. The van der Waals surface area contributed by atoms with Gasteiger partial charge in [-0.3, -0.25) is 9.59 Å². The van der Waals surface area contributed by atoms with Crippen LogP contribution in [0.25, 0.3) is 11.0 Å². The number of benzene rings is 1. The number of amides is 1. The van der Waals surface area contributed by atoms with E-state index in [1.807, 2.05) is 24.3 Å². The van der Waals surface area contributed by atoms with Gasteiger partial charge in [0, 0.05) is 5.38 Å². The number of imidazole rings is 1. The summed E-state index contributed by atoms with van der Waals surface area (Å²) < 4.78 is 4.87. The van der Waals surface area contributed by atoms with Crippen molar-refractivity contribution in [3.05, 3.63) is 35.3 Å². The number of nitrogens with one attached hydrogen (secondary N) is 2. The zero-order valence-electron chi connectivity index (χ0n) is 13.4. The number of ether oxygens (including phenoxy) is 1. The first-order chi connectivity index (χ1) is 12.1. The molecule has 0 saturated carbocycles. The summed E-state index contributed by atoms with van der Waals surface area (Å²) >= 11 is 2.60. The number of esters is 1. The van der Waals surface area contributed by atoms with Crippen LogP contribution < -0.4 is 5.32 Å². The molecule has 0 unspecified atom stereocenters. The number of thioether (sulfide) groups is 1. The average molecular weight is 376 g/mol. The summed E-state index contributed by atoms with van der Waals surface area (Å²) in [7, 11) is 0. The van der Waals surface area contributed by atoms with Crippen LogP contribution in [0.15, 0.2) is 34.8 Å². The van der Waals surface area contributed by atoms with Gasteiger partial charge in [0.15, 0.2) is 10.3 Å². The van der Waals surface area contributed by atoms with Gasteiger partial charge in [-0.25, -0.2) is 9.97 Å². The molecule has 7 nitrogen and oxygen atoms in total. The highest BCUT2D eigenvalue weighted by atomic mass is 32.2. The van der Waals surface area contributed by atoms with Crippen molar-refractivity contribution in [2.75, 3.05) is 17.7 Å². The zero-order valence-corrected chi connectivity index (χ0v) is 15.1. The van der Waals surface area contributed by atoms with Gasteiger partial charge in [-0.1, -0.05) is 23.9 Å². The lowest BCUT2D eigenvalue weighted by atomic mass is 10.3. The molecule has 0 spiro atoms. The second-order valence-electron chi connectivity index (χ2n) is 5.02. The van der Waals surface area contributed by atoms with Gasteiger partial charge in [-0.15, -0.1) is 11.3 Å². The van der Waals surface area contributed by atoms with E-state index < -0.39 is 0 Å². The van der Waals surface area contributed by atoms with Crippen LogP contribution >= 0.6 is 23.1 Å². The van der Waals surface area contributed by atoms with Crippen LogP contribution in [0.1, 0.15) is 12.6 Å². The minimum atomic E-state index is -0.328. The van der Waals surface area contributed by atoms with Gasteiger partial charge in [0.25, 0.3) is 0 Å². The smallest absolute Gasteiger partial charge is 0.311 e. The first-order valence-electron chi connectivity index (χ1n) is 7.61. The van der Waals surface area contributed by atoms with E-state index in [2.05, 4.69) is 20.3 Å². The molecule has 0 fully saturated rings. The summed E-state index contributed by atoms with van der Waals surface area (Å²) in [5, 5.41) is 5.62. The average Bonchev–Trinajstić information content (AvgIpc) is 3.19. The predicted octanol–water partition coefficient (Wildman–Crippen LogP) is 2.86. The zero-order chi connectivity index (χ0) is 17.6. The van der Waals surface area contributed by atoms with E-state index in [0.29, 0.717) is 22.6 Å². The fourth-order valence-electron chi connectivity index (χ4n) is 2.09. The van der Waals surface area contributed by atoms with Gasteiger partial charge in [0.2, 0.25) is 5.91 Å². The van der Waals surface area contributed by atoms with Crippen LogP contribution in [-0.2, 0) is 20.7 Å². The molecule has 0 radical (unpaired) electrons. The third-order valence-electron chi connectivity index (χ3n) is 3.14. The molecule has 2 N–H and O–H groups in total. The second kappa shape index (κ2) is 8.13. The number of carbonyl (C=O) groups excluding carboxylic acids is 2. The topological polar surface area (TPSA) is 97.0 Å². The molecular weight excluding hydrogens is 360 g/mol. The number of aromatic amines is 1. The van der Waals surface area contributed by atoms with Crippen molar-refractivity contribution in [1.29, 1.82) is 0 Å². The number of hydrogen-bond acceptors (Lipinski definition) is 7. The summed E-state index contributed by atoms with van der Waals surface area (Å²) in [6.45, 7) is 2.09. The fraction of sp³-hybridized carbons (Fsp3) is 0.250. The molecule has 2 heterocycles. The Balaban J connectivity index is 1.50. The third-order valence-corrected chi connectivity index (χ3v) is 4.82. The molecule has 0 bridgehead atoms. The quantitative estimate of drug-likeness (QED) is 0.486. The molecule has 0 atom stereocenters. The second-order valence-corrected chi connectivity index (χ2v) is 6.84. The Hall–Kier alpha value is -2.39. The van der Waals surface area contributed by atoms with Gasteiger partial charge in [0.05, 0.1) is 35.5 Å². The van der Waals surface area contributed by atoms with Crippen molar-refractivity contribution in [3.8, 4) is 0 Å². The lowest BCUT2D eigenvalue weighted by molar-refractivity contribution is -0.142. The lowest BCUT2D eigenvalue weighted by Crippen LogP contribution is -2.14. The van der Waals surface area contributed by atoms with Crippen molar-refractivity contribution in [3.63, 3.8) is 0 Å². The number of H-pyrrole nitrogens is 1. The SMILES string of the molecule is CCOC(=O)Cc1csc(NC(=O)CSc2nc3ccccc3[nH]2)n1. The molecule has 25 heavy (non-hydrogen) atoms. The Morgan fingerprint density at radius 1 is 1.32 bits per heavy atom. The van der Waals surface area contributed by atoms with Gasteiger partial charge < -0.3 is 15.0 Å². The van der Waals surface area contributed by atoms with Crippen LogP contribution in [0.5, 0.6) is 0 Å². The summed E-state index contributed by atoms with van der Waals surface area (Å²) in [5.41, 5.74) is 2.39. The number of hydrogen-bond donors (Lipinski definition) is 2. The largest absolute Gasteiger partial charge is 0.466 e.